The second-order valence-corrected chi connectivity index (χ2v) is 9.89. The molecule has 5 heterocycles. The first-order valence-electron chi connectivity index (χ1n) is 13.8. The second kappa shape index (κ2) is 11.3. The van der Waals surface area contributed by atoms with Gasteiger partial charge in [0.1, 0.15) is 0 Å². The number of aromatic amines is 1. The van der Waals surface area contributed by atoms with Crippen LogP contribution in [0.25, 0.3) is 57.0 Å². The van der Waals surface area contributed by atoms with Crippen LogP contribution in [0, 0.1) is 0 Å². The number of aromatic nitrogens is 4. The zero-order valence-corrected chi connectivity index (χ0v) is 26.3. The van der Waals surface area contributed by atoms with E-state index in [1.54, 1.807) is 0 Å². The van der Waals surface area contributed by atoms with E-state index in [-0.39, 0.29) is 19.5 Å². The van der Waals surface area contributed by atoms with Crippen molar-refractivity contribution < 1.29 is 19.5 Å². The number of rotatable bonds is 5. The van der Waals surface area contributed by atoms with Gasteiger partial charge in [0.15, 0.2) is 0 Å². The molecule has 2 aliphatic heterocycles. The Balaban J connectivity index is 0.00000308. The van der Waals surface area contributed by atoms with E-state index < -0.39 is 0 Å². The third kappa shape index (κ3) is 4.85. The molecule has 192 valence electrons. The standard InChI is InChI=1S/C34H34N4.Zn/c1-5-22-18-28-20-26-15-14-24(35-26)19-25-16-17-27(36-25)21-31-32(23-12-10-9-11-13-23)29(6-2)34(38(31)8-4)30(7-3)33(22)37-28;/h9-21,35H,5-8H2,1-4H3;. The second-order valence-electron chi connectivity index (χ2n) is 9.89. The fraction of sp³-hybridized carbons (Fsp3) is 0.235. The van der Waals surface area contributed by atoms with Crippen LogP contribution in [0.1, 0.15) is 68.0 Å². The van der Waals surface area contributed by atoms with Crippen LogP contribution in [0.3, 0.4) is 0 Å². The Labute approximate surface area is 243 Å². The predicted octanol–water partition coefficient (Wildman–Crippen LogP) is 8.72. The molecule has 4 nitrogen and oxygen atoms in total. The van der Waals surface area contributed by atoms with E-state index in [2.05, 4.69) is 116 Å². The number of nitrogens with one attached hydrogen (secondary N) is 1. The third-order valence-electron chi connectivity index (χ3n) is 7.62. The molecule has 1 aromatic carbocycles. The summed E-state index contributed by atoms with van der Waals surface area (Å²) in [4.78, 5) is 13.7. The molecule has 0 radical (unpaired) electrons. The summed E-state index contributed by atoms with van der Waals surface area (Å²) in [6.07, 6.45) is 9.28. The van der Waals surface area contributed by atoms with Gasteiger partial charge >= 0.3 is 0 Å². The van der Waals surface area contributed by atoms with E-state index in [4.69, 9.17) is 9.97 Å². The molecule has 0 spiro atoms. The summed E-state index contributed by atoms with van der Waals surface area (Å²) in [6.45, 7) is 9.89. The molecule has 0 saturated carbocycles. The van der Waals surface area contributed by atoms with E-state index in [0.717, 1.165) is 59.6 Å². The van der Waals surface area contributed by atoms with E-state index in [0.29, 0.717) is 0 Å². The van der Waals surface area contributed by atoms with Gasteiger partial charge in [0.25, 0.3) is 0 Å². The first kappa shape index (κ1) is 27.0. The van der Waals surface area contributed by atoms with Crippen molar-refractivity contribution in [2.24, 2.45) is 0 Å². The van der Waals surface area contributed by atoms with Crippen molar-refractivity contribution in [2.45, 2.75) is 53.5 Å². The molecule has 0 unspecified atom stereocenters. The average Bonchev–Trinajstić information content (AvgIpc) is 3.72. The third-order valence-corrected chi connectivity index (χ3v) is 7.62. The number of hydrogen-bond donors (Lipinski definition) is 1. The zero-order valence-electron chi connectivity index (χ0n) is 23.4. The van der Waals surface area contributed by atoms with Gasteiger partial charge in [0.2, 0.25) is 0 Å². The van der Waals surface area contributed by atoms with Crippen molar-refractivity contribution in [2.75, 3.05) is 0 Å². The van der Waals surface area contributed by atoms with Gasteiger partial charge in [-0.05, 0) is 91.4 Å². The van der Waals surface area contributed by atoms with E-state index in [1.165, 1.54) is 38.9 Å². The van der Waals surface area contributed by atoms with E-state index in [1.807, 2.05) is 0 Å². The number of benzene rings is 1. The zero-order chi connectivity index (χ0) is 26.2. The number of allylic oxidation sites excluding steroid dienone is 1. The molecule has 0 atom stereocenters. The topological polar surface area (TPSA) is 46.5 Å². The molecule has 0 saturated heterocycles. The minimum absolute atomic E-state index is 0. The van der Waals surface area contributed by atoms with Gasteiger partial charge in [-0.2, -0.15) is 0 Å². The molecule has 3 aromatic heterocycles. The normalized spacial score (nSPS) is 12.4. The van der Waals surface area contributed by atoms with Crippen molar-refractivity contribution in [3.05, 3.63) is 94.6 Å². The van der Waals surface area contributed by atoms with Crippen LogP contribution < -0.4 is 0 Å². The monoisotopic (exact) mass is 562 g/mol. The van der Waals surface area contributed by atoms with Crippen molar-refractivity contribution >= 4 is 45.9 Å². The molecule has 0 fully saturated rings. The van der Waals surface area contributed by atoms with Gasteiger partial charge < -0.3 is 9.55 Å². The Morgan fingerprint density at radius 1 is 0.718 bits per heavy atom. The predicted molar refractivity (Wildman–Crippen MR) is 162 cm³/mol. The average molecular weight is 564 g/mol. The smallest absolute Gasteiger partial charge is 0.0722 e. The van der Waals surface area contributed by atoms with Crippen LogP contribution in [-0.4, -0.2) is 19.5 Å². The van der Waals surface area contributed by atoms with E-state index in [9.17, 15) is 0 Å². The SMILES string of the molecule is CCC1=Cc2cc3ccc(cc4nc(cc5c(-c6ccccc6)c(CC)c(c(CC)c1n2)n5CC)C=C4)[nH]3.[Zn]. The molecule has 6 rings (SSSR count). The fourth-order valence-electron chi connectivity index (χ4n) is 5.93. The number of aryl methyl sites for hydroxylation is 3. The molecular formula is C34H34N4Zn. The quantitative estimate of drug-likeness (QED) is 0.217. The summed E-state index contributed by atoms with van der Waals surface area (Å²) in [5.74, 6) is 0. The molecular weight excluding hydrogens is 530 g/mol. The first-order valence-corrected chi connectivity index (χ1v) is 13.8. The molecule has 2 aliphatic rings. The molecule has 39 heavy (non-hydrogen) atoms. The van der Waals surface area contributed by atoms with Gasteiger partial charge in [-0.1, -0.05) is 51.1 Å². The van der Waals surface area contributed by atoms with Crippen molar-refractivity contribution in [3.8, 4) is 11.1 Å². The minimum atomic E-state index is 0. The van der Waals surface area contributed by atoms with Gasteiger partial charge in [0, 0.05) is 48.2 Å². The maximum atomic E-state index is 5.24. The molecule has 0 amide bonds. The number of H-pyrrole nitrogens is 1. The van der Waals surface area contributed by atoms with Crippen LogP contribution in [0.4, 0.5) is 0 Å². The molecule has 5 heteroatoms. The number of fused-ring (bicyclic) bond motifs is 8. The Morgan fingerprint density at radius 2 is 1.38 bits per heavy atom. The molecule has 0 aliphatic carbocycles. The van der Waals surface area contributed by atoms with Crippen LogP contribution in [-0.2, 0) is 38.9 Å². The summed E-state index contributed by atoms with van der Waals surface area (Å²) in [5, 5.41) is 0. The largest absolute Gasteiger partial charge is 0.355 e. The summed E-state index contributed by atoms with van der Waals surface area (Å²) in [7, 11) is 0. The maximum absolute atomic E-state index is 5.24. The van der Waals surface area contributed by atoms with Gasteiger partial charge in [0.05, 0.1) is 33.8 Å². The summed E-state index contributed by atoms with van der Waals surface area (Å²) < 4.78 is 2.50. The van der Waals surface area contributed by atoms with Crippen molar-refractivity contribution in [1.82, 2.24) is 19.5 Å². The maximum Gasteiger partial charge on any atom is 0.0722 e. The fourth-order valence-corrected chi connectivity index (χ4v) is 5.93. The number of nitrogens with zero attached hydrogens (tertiary/aromatic N) is 3. The summed E-state index contributed by atoms with van der Waals surface area (Å²) >= 11 is 0. The Bertz CT molecular complexity index is 1750. The van der Waals surface area contributed by atoms with Crippen molar-refractivity contribution in [1.29, 1.82) is 0 Å². The summed E-state index contributed by atoms with van der Waals surface area (Å²) in [6, 6.07) is 21.6. The van der Waals surface area contributed by atoms with Crippen LogP contribution in [0.15, 0.2) is 60.7 Å². The Morgan fingerprint density at radius 3 is 2.03 bits per heavy atom. The first-order chi connectivity index (χ1) is 18.6. The van der Waals surface area contributed by atoms with Gasteiger partial charge in [-0.25, -0.2) is 9.97 Å². The molecule has 8 bridgehead atoms. The van der Waals surface area contributed by atoms with E-state index >= 15 is 0 Å². The number of hydrogen-bond acceptors (Lipinski definition) is 2. The molecule has 1 N–H and O–H groups in total. The summed E-state index contributed by atoms with van der Waals surface area (Å²) in [5.41, 5.74) is 15.2. The van der Waals surface area contributed by atoms with Gasteiger partial charge in [-0.3, -0.25) is 0 Å². The van der Waals surface area contributed by atoms with Crippen molar-refractivity contribution in [3.63, 3.8) is 0 Å². The van der Waals surface area contributed by atoms with Crippen LogP contribution >= 0.6 is 0 Å². The van der Waals surface area contributed by atoms with Crippen LogP contribution in [0.5, 0.6) is 0 Å². The Hall–Kier alpha value is -3.56. The molecule has 4 aromatic rings. The minimum Gasteiger partial charge on any atom is -0.355 e. The van der Waals surface area contributed by atoms with Crippen LogP contribution in [0.2, 0.25) is 0 Å². The Kier molecular flexibility index (Phi) is 7.82. The van der Waals surface area contributed by atoms with Gasteiger partial charge in [-0.15, -0.1) is 0 Å².